The van der Waals surface area contributed by atoms with Gasteiger partial charge < -0.3 is 5.32 Å². The van der Waals surface area contributed by atoms with E-state index in [1.165, 1.54) is 0 Å². The molecule has 0 aliphatic carbocycles. The van der Waals surface area contributed by atoms with Gasteiger partial charge >= 0.3 is 0 Å². The molecule has 0 bridgehead atoms. The molecule has 2 aromatic carbocycles. The summed E-state index contributed by atoms with van der Waals surface area (Å²) >= 11 is 5.78. The van der Waals surface area contributed by atoms with Crippen molar-refractivity contribution >= 4 is 27.3 Å². The molecule has 4 nitrogen and oxygen atoms in total. The van der Waals surface area contributed by atoms with Gasteiger partial charge in [0.15, 0.2) is 9.84 Å². The summed E-state index contributed by atoms with van der Waals surface area (Å²) in [6.07, 6.45) is -0.0485. The second kappa shape index (κ2) is 8.31. The van der Waals surface area contributed by atoms with Crippen molar-refractivity contribution < 1.29 is 13.2 Å². The van der Waals surface area contributed by atoms with Crippen LogP contribution < -0.4 is 5.32 Å². The third-order valence-corrected chi connectivity index (χ3v) is 5.47. The van der Waals surface area contributed by atoms with Gasteiger partial charge in [-0.1, -0.05) is 54.1 Å². The minimum atomic E-state index is -3.35. The van der Waals surface area contributed by atoms with Crippen LogP contribution in [0.5, 0.6) is 0 Å². The van der Waals surface area contributed by atoms with E-state index in [-0.39, 0.29) is 29.9 Å². The molecule has 0 aliphatic rings. The highest BCUT2D eigenvalue weighted by Crippen LogP contribution is 2.14. The Hall–Kier alpha value is -1.85. The molecule has 0 saturated carbocycles. The quantitative estimate of drug-likeness (QED) is 0.816. The van der Waals surface area contributed by atoms with Crippen LogP contribution in [0.4, 0.5) is 0 Å². The van der Waals surface area contributed by atoms with Gasteiger partial charge in [-0.25, -0.2) is 8.42 Å². The largest absolute Gasteiger partial charge is 0.350 e. The number of hydrogen-bond acceptors (Lipinski definition) is 3. The molecule has 0 radical (unpaired) electrons. The van der Waals surface area contributed by atoms with Gasteiger partial charge in [0.2, 0.25) is 5.91 Å². The summed E-state index contributed by atoms with van der Waals surface area (Å²) in [5.41, 5.74) is 1.65. The highest BCUT2D eigenvalue weighted by Gasteiger charge is 2.16. The minimum absolute atomic E-state index is 0.0485. The smallest absolute Gasteiger partial charge is 0.221 e. The lowest BCUT2D eigenvalue weighted by Gasteiger charge is -2.14. The third-order valence-electron chi connectivity index (χ3n) is 3.62. The number of amides is 1. The summed E-state index contributed by atoms with van der Waals surface area (Å²) in [4.78, 5) is 12.0. The molecule has 2 aromatic rings. The van der Waals surface area contributed by atoms with Crippen molar-refractivity contribution in [1.29, 1.82) is 0 Å². The number of carbonyl (C=O) groups excluding carboxylic acids is 1. The number of rotatable bonds is 7. The number of hydrogen-bond donors (Lipinski definition) is 1. The molecule has 0 heterocycles. The first-order valence-electron chi connectivity index (χ1n) is 7.65. The summed E-state index contributed by atoms with van der Waals surface area (Å²) in [5, 5.41) is 3.38. The van der Waals surface area contributed by atoms with E-state index in [1.54, 1.807) is 24.3 Å². The highest BCUT2D eigenvalue weighted by atomic mass is 35.5. The number of carbonyl (C=O) groups is 1. The zero-order chi connectivity index (χ0) is 17.6. The van der Waals surface area contributed by atoms with Crippen LogP contribution in [0.25, 0.3) is 0 Å². The Balaban J connectivity index is 1.85. The Kier molecular flexibility index (Phi) is 6.40. The summed E-state index contributed by atoms with van der Waals surface area (Å²) in [6.45, 7) is 1.87. The maximum Gasteiger partial charge on any atom is 0.221 e. The highest BCUT2D eigenvalue weighted by molar-refractivity contribution is 7.90. The maximum atomic E-state index is 12.1. The van der Waals surface area contributed by atoms with Crippen molar-refractivity contribution in [2.45, 2.75) is 25.1 Å². The van der Waals surface area contributed by atoms with E-state index >= 15 is 0 Å². The minimum Gasteiger partial charge on any atom is -0.350 e. The van der Waals surface area contributed by atoms with Crippen LogP contribution in [-0.2, 0) is 20.4 Å². The van der Waals surface area contributed by atoms with E-state index < -0.39 is 9.84 Å². The normalized spacial score (nSPS) is 12.6. The maximum absolute atomic E-state index is 12.1. The zero-order valence-corrected chi connectivity index (χ0v) is 15.0. The van der Waals surface area contributed by atoms with Crippen LogP contribution in [0, 0.1) is 0 Å². The molecule has 24 heavy (non-hydrogen) atoms. The second-order valence-electron chi connectivity index (χ2n) is 5.67. The van der Waals surface area contributed by atoms with Gasteiger partial charge in [-0.2, -0.15) is 0 Å². The molecule has 1 unspecified atom stereocenters. The van der Waals surface area contributed by atoms with Gasteiger partial charge in [-0.15, -0.1) is 0 Å². The van der Waals surface area contributed by atoms with E-state index in [1.807, 2.05) is 37.3 Å². The van der Waals surface area contributed by atoms with E-state index in [0.29, 0.717) is 10.6 Å². The molecule has 128 valence electrons. The lowest BCUT2D eigenvalue weighted by atomic mass is 10.1. The summed E-state index contributed by atoms with van der Waals surface area (Å²) in [7, 11) is -3.35. The lowest BCUT2D eigenvalue weighted by molar-refractivity contribution is -0.121. The van der Waals surface area contributed by atoms with Crippen LogP contribution in [0.15, 0.2) is 54.6 Å². The van der Waals surface area contributed by atoms with Crippen LogP contribution in [0.3, 0.4) is 0 Å². The molecule has 0 aliphatic heterocycles. The molecule has 2 rings (SSSR count). The molecule has 1 atom stereocenters. The van der Waals surface area contributed by atoms with Gasteiger partial charge in [-0.3, -0.25) is 4.79 Å². The van der Waals surface area contributed by atoms with Crippen LogP contribution in [0.1, 0.15) is 30.5 Å². The monoisotopic (exact) mass is 365 g/mol. The van der Waals surface area contributed by atoms with Crippen LogP contribution >= 0.6 is 11.6 Å². The average Bonchev–Trinajstić information content (AvgIpc) is 2.56. The fraction of sp³-hybridized carbons (Fsp3) is 0.278. The molecule has 0 saturated heterocycles. The van der Waals surface area contributed by atoms with Gasteiger partial charge in [-0.05, 0) is 30.2 Å². The molecular weight excluding hydrogens is 346 g/mol. The van der Waals surface area contributed by atoms with Crippen molar-refractivity contribution in [3.05, 3.63) is 70.7 Å². The molecule has 0 fully saturated rings. The van der Waals surface area contributed by atoms with E-state index in [9.17, 15) is 13.2 Å². The number of halogens is 1. The first kappa shape index (κ1) is 18.5. The van der Waals surface area contributed by atoms with Gasteiger partial charge in [0.05, 0.1) is 17.5 Å². The fourth-order valence-corrected chi connectivity index (χ4v) is 3.76. The molecule has 0 spiro atoms. The van der Waals surface area contributed by atoms with E-state index in [2.05, 4.69) is 5.32 Å². The van der Waals surface area contributed by atoms with Crippen molar-refractivity contribution in [2.24, 2.45) is 0 Å². The summed E-state index contributed by atoms with van der Waals surface area (Å²) in [6, 6.07) is 16.0. The Labute approximate surface area is 147 Å². The van der Waals surface area contributed by atoms with Crippen LogP contribution in [-0.4, -0.2) is 20.1 Å². The lowest BCUT2D eigenvalue weighted by Crippen LogP contribution is -2.28. The van der Waals surface area contributed by atoms with Crippen LogP contribution in [0.2, 0.25) is 5.02 Å². The standard InChI is InChI=1S/C18H20ClNO3S/c1-14(16-5-3-2-4-6-16)20-18(21)11-12-24(22,23)13-15-7-9-17(19)10-8-15/h2-10,14H,11-13H2,1H3,(H,20,21). The summed E-state index contributed by atoms with van der Waals surface area (Å²) < 4.78 is 24.3. The number of sulfone groups is 1. The first-order chi connectivity index (χ1) is 11.4. The SMILES string of the molecule is CC(NC(=O)CCS(=O)(=O)Cc1ccc(Cl)cc1)c1ccccc1. The Morgan fingerprint density at radius 1 is 1.08 bits per heavy atom. The molecule has 0 aromatic heterocycles. The first-order valence-corrected chi connectivity index (χ1v) is 9.85. The molecular formula is C18H20ClNO3S. The Bertz CT molecular complexity index is 774. The average molecular weight is 366 g/mol. The predicted molar refractivity (Wildman–Crippen MR) is 96.6 cm³/mol. The predicted octanol–water partition coefficient (Wildman–Crippen LogP) is 3.52. The van der Waals surface area contributed by atoms with Crippen molar-refractivity contribution in [3.63, 3.8) is 0 Å². The molecule has 6 heteroatoms. The Morgan fingerprint density at radius 2 is 1.71 bits per heavy atom. The van der Waals surface area contributed by atoms with Crippen molar-refractivity contribution in [3.8, 4) is 0 Å². The molecule has 1 N–H and O–H groups in total. The van der Waals surface area contributed by atoms with E-state index in [4.69, 9.17) is 11.6 Å². The van der Waals surface area contributed by atoms with Crippen molar-refractivity contribution in [2.75, 3.05) is 5.75 Å². The fourth-order valence-electron chi connectivity index (χ4n) is 2.29. The third kappa shape index (κ3) is 5.98. The van der Waals surface area contributed by atoms with Gasteiger partial charge in [0.1, 0.15) is 0 Å². The Morgan fingerprint density at radius 3 is 2.33 bits per heavy atom. The molecule has 1 amide bonds. The van der Waals surface area contributed by atoms with Crippen molar-refractivity contribution in [1.82, 2.24) is 5.32 Å². The zero-order valence-electron chi connectivity index (χ0n) is 13.4. The number of benzene rings is 2. The topological polar surface area (TPSA) is 63.2 Å². The van der Waals surface area contributed by atoms with Gasteiger partial charge in [0, 0.05) is 11.4 Å². The van der Waals surface area contributed by atoms with Gasteiger partial charge in [0.25, 0.3) is 0 Å². The summed E-state index contributed by atoms with van der Waals surface area (Å²) in [5.74, 6) is -0.541. The number of nitrogens with one attached hydrogen (secondary N) is 1. The van der Waals surface area contributed by atoms with E-state index in [0.717, 1.165) is 5.56 Å². The second-order valence-corrected chi connectivity index (χ2v) is 8.29.